The molecule has 1 amide bonds. The molecule has 0 fully saturated rings. The van der Waals surface area contributed by atoms with Crippen molar-refractivity contribution in [3.63, 3.8) is 0 Å². The zero-order valence-corrected chi connectivity index (χ0v) is 8.88. The van der Waals surface area contributed by atoms with E-state index in [4.69, 9.17) is 5.26 Å². The highest BCUT2D eigenvalue weighted by Gasteiger charge is 2.16. The minimum atomic E-state index is -3.10. The second-order valence-electron chi connectivity index (χ2n) is 2.59. The van der Waals surface area contributed by atoms with Gasteiger partial charge in [0, 0.05) is 4.47 Å². The lowest BCUT2D eigenvalue weighted by molar-refractivity contribution is -0.126. The number of halogens is 3. The van der Waals surface area contributed by atoms with Gasteiger partial charge < -0.3 is 5.32 Å². The Hall–Kier alpha value is -1.48. The van der Waals surface area contributed by atoms with Crippen LogP contribution >= 0.6 is 15.9 Å². The Morgan fingerprint density at radius 1 is 1.53 bits per heavy atom. The minimum absolute atomic E-state index is 0.0750. The number of amides is 1. The second-order valence-corrected chi connectivity index (χ2v) is 3.51. The fourth-order valence-corrected chi connectivity index (χ4v) is 1.27. The molecule has 0 bridgehead atoms. The van der Waals surface area contributed by atoms with Crippen LogP contribution in [-0.2, 0) is 4.79 Å². The molecule has 1 aromatic rings. The summed E-state index contributed by atoms with van der Waals surface area (Å²) < 4.78 is 24.5. The average molecular weight is 275 g/mol. The molecule has 0 heterocycles. The van der Waals surface area contributed by atoms with Crippen LogP contribution in [0.15, 0.2) is 22.7 Å². The highest BCUT2D eigenvalue weighted by Crippen LogP contribution is 2.20. The predicted molar refractivity (Wildman–Crippen MR) is 53.5 cm³/mol. The van der Waals surface area contributed by atoms with E-state index in [9.17, 15) is 13.6 Å². The van der Waals surface area contributed by atoms with Crippen molar-refractivity contribution in [2.24, 2.45) is 0 Å². The van der Waals surface area contributed by atoms with Gasteiger partial charge in [-0.2, -0.15) is 14.0 Å². The van der Waals surface area contributed by atoms with Crippen molar-refractivity contribution in [1.29, 1.82) is 5.26 Å². The Labute approximate surface area is 92.8 Å². The van der Waals surface area contributed by atoms with Gasteiger partial charge in [-0.1, -0.05) is 15.9 Å². The molecule has 0 aliphatic carbocycles. The van der Waals surface area contributed by atoms with Crippen LogP contribution in [0.4, 0.5) is 14.5 Å². The van der Waals surface area contributed by atoms with Crippen molar-refractivity contribution in [3.8, 4) is 6.07 Å². The third-order valence-electron chi connectivity index (χ3n) is 1.56. The van der Waals surface area contributed by atoms with Gasteiger partial charge in [0.1, 0.15) is 6.07 Å². The van der Waals surface area contributed by atoms with Gasteiger partial charge in [-0.25, -0.2) is 0 Å². The first-order valence-corrected chi connectivity index (χ1v) is 4.62. The molecular weight excluding hydrogens is 270 g/mol. The van der Waals surface area contributed by atoms with Gasteiger partial charge in [-0.15, -0.1) is 0 Å². The molecule has 1 aromatic carbocycles. The molecule has 0 radical (unpaired) electrons. The summed E-state index contributed by atoms with van der Waals surface area (Å²) in [4.78, 5) is 10.7. The fraction of sp³-hybridized carbons (Fsp3) is 0.111. The third kappa shape index (κ3) is 2.99. The summed E-state index contributed by atoms with van der Waals surface area (Å²) in [5.74, 6) is -1.42. The normalized spacial score (nSPS) is 9.80. The largest absolute Gasteiger partial charge is 0.320 e. The maximum atomic E-state index is 11.9. The van der Waals surface area contributed by atoms with Crippen LogP contribution in [0.1, 0.15) is 5.56 Å². The van der Waals surface area contributed by atoms with Crippen LogP contribution in [0.2, 0.25) is 0 Å². The lowest BCUT2D eigenvalue weighted by Gasteiger charge is -2.06. The third-order valence-corrected chi connectivity index (χ3v) is 2.05. The van der Waals surface area contributed by atoms with Crippen molar-refractivity contribution in [3.05, 3.63) is 28.2 Å². The lowest BCUT2D eigenvalue weighted by Crippen LogP contribution is -2.20. The number of rotatable bonds is 2. The number of carbonyl (C=O) groups is 1. The van der Waals surface area contributed by atoms with Crippen molar-refractivity contribution < 1.29 is 13.6 Å². The lowest BCUT2D eigenvalue weighted by atomic mass is 10.2. The second kappa shape index (κ2) is 4.84. The number of carbonyl (C=O) groups excluding carboxylic acids is 1. The fourth-order valence-electron chi connectivity index (χ4n) is 0.905. The number of benzene rings is 1. The standard InChI is InChI=1S/C9H5BrF2N2O/c10-6-1-2-7(5(3-6)4-13)14-9(15)8(11)12/h1-3,8H,(H,14,15). The summed E-state index contributed by atoms with van der Waals surface area (Å²) >= 11 is 3.12. The van der Waals surface area contributed by atoms with Gasteiger partial charge in [-0.3, -0.25) is 4.79 Å². The number of nitrogens with one attached hydrogen (secondary N) is 1. The topological polar surface area (TPSA) is 52.9 Å². The van der Waals surface area contributed by atoms with E-state index in [1.165, 1.54) is 12.1 Å². The molecule has 78 valence electrons. The Kier molecular flexibility index (Phi) is 3.74. The van der Waals surface area contributed by atoms with Crippen LogP contribution in [0.25, 0.3) is 0 Å². The first kappa shape index (κ1) is 11.6. The van der Waals surface area contributed by atoms with Gasteiger partial charge in [0.05, 0.1) is 11.3 Å². The molecule has 0 aromatic heterocycles. The van der Waals surface area contributed by atoms with Crippen LogP contribution in [0, 0.1) is 11.3 Å². The summed E-state index contributed by atoms with van der Waals surface area (Å²) in [5, 5.41) is 10.6. The van der Waals surface area contributed by atoms with Crippen molar-refractivity contribution >= 4 is 27.5 Å². The first-order valence-electron chi connectivity index (χ1n) is 3.83. The SMILES string of the molecule is N#Cc1cc(Br)ccc1NC(=O)C(F)F. The molecule has 0 atom stereocenters. The molecule has 0 saturated carbocycles. The van der Waals surface area contributed by atoms with Crippen molar-refractivity contribution in [2.45, 2.75) is 6.43 Å². The van der Waals surface area contributed by atoms with Gasteiger partial charge in [-0.05, 0) is 18.2 Å². The van der Waals surface area contributed by atoms with E-state index in [0.717, 1.165) is 0 Å². The molecule has 1 rings (SSSR count). The summed E-state index contributed by atoms with van der Waals surface area (Å²) in [6.45, 7) is 0. The van der Waals surface area contributed by atoms with E-state index >= 15 is 0 Å². The molecule has 0 saturated heterocycles. The molecule has 0 aliphatic heterocycles. The Morgan fingerprint density at radius 2 is 2.20 bits per heavy atom. The molecule has 0 spiro atoms. The van der Waals surface area contributed by atoms with E-state index < -0.39 is 12.3 Å². The Balaban J connectivity index is 2.96. The van der Waals surface area contributed by atoms with Crippen LogP contribution in [-0.4, -0.2) is 12.3 Å². The summed E-state index contributed by atoms with van der Waals surface area (Å²) in [7, 11) is 0. The number of anilines is 1. The van der Waals surface area contributed by atoms with E-state index in [-0.39, 0.29) is 11.3 Å². The van der Waals surface area contributed by atoms with E-state index in [1.54, 1.807) is 12.1 Å². The molecule has 15 heavy (non-hydrogen) atoms. The van der Waals surface area contributed by atoms with Crippen LogP contribution in [0.3, 0.4) is 0 Å². The minimum Gasteiger partial charge on any atom is -0.320 e. The number of nitrogens with zero attached hydrogens (tertiary/aromatic N) is 1. The highest BCUT2D eigenvalue weighted by atomic mass is 79.9. The van der Waals surface area contributed by atoms with Gasteiger partial charge >= 0.3 is 6.43 Å². The maximum absolute atomic E-state index is 11.9. The van der Waals surface area contributed by atoms with Crippen molar-refractivity contribution in [1.82, 2.24) is 0 Å². The summed E-state index contributed by atoms with van der Waals surface area (Å²) in [5.41, 5.74) is 0.198. The maximum Gasteiger partial charge on any atom is 0.315 e. The van der Waals surface area contributed by atoms with E-state index in [2.05, 4.69) is 15.9 Å². The molecule has 6 heteroatoms. The molecular formula is C9H5BrF2N2O. The number of nitriles is 1. The average Bonchev–Trinajstić information content (AvgIpc) is 2.20. The van der Waals surface area contributed by atoms with Crippen molar-refractivity contribution in [2.75, 3.05) is 5.32 Å². The van der Waals surface area contributed by atoms with Gasteiger partial charge in [0.15, 0.2) is 0 Å². The van der Waals surface area contributed by atoms with Gasteiger partial charge in [0.2, 0.25) is 0 Å². The first-order chi connectivity index (χ1) is 7.04. The Morgan fingerprint density at radius 3 is 2.73 bits per heavy atom. The molecule has 1 N–H and O–H groups in total. The number of alkyl halides is 2. The zero-order chi connectivity index (χ0) is 11.4. The quantitative estimate of drug-likeness (QED) is 0.901. The molecule has 3 nitrogen and oxygen atoms in total. The smallest absolute Gasteiger partial charge is 0.315 e. The van der Waals surface area contributed by atoms with Gasteiger partial charge in [0.25, 0.3) is 5.91 Å². The predicted octanol–water partition coefficient (Wildman–Crippen LogP) is 2.52. The van der Waals surface area contributed by atoms with Crippen LogP contribution in [0.5, 0.6) is 0 Å². The highest BCUT2D eigenvalue weighted by molar-refractivity contribution is 9.10. The van der Waals surface area contributed by atoms with E-state index in [1.807, 2.05) is 5.32 Å². The number of hydrogen-bond donors (Lipinski definition) is 1. The van der Waals surface area contributed by atoms with Crippen LogP contribution < -0.4 is 5.32 Å². The number of hydrogen-bond acceptors (Lipinski definition) is 2. The molecule has 0 aliphatic rings. The molecule has 0 unspecified atom stereocenters. The van der Waals surface area contributed by atoms with E-state index in [0.29, 0.717) is 4.47 Å². The summed E-state index contributed by atoms with van der Waals surface area (Å²) in [6.07, 6.45) is -3.10. The zero-order valence-electron chi connectivity index (χ0n) is 7.30. The monoisotopic (exact) mass is 274 g/mol. The summed E-state index contributed by atoms with van der Waals surface area (Å²) in [6, 6.07) is 6.14. The Bertz CT molecular complexity index is 429.